The maximum absolute atomic E-state index is 13.8. The summed E-state index contributed by atoms with van der Waals surface area (Å²) in [6.45, 7) is 1.95. The van der Waals surface area contributed by atoms with Gasteiger partial charge in [-0.05, 0) is 25.1 Å². The van der Waals surface area contributed by atoms with Crippen LogP contribution >= 0.6 is 22.9 Å². The first-order valence-corrected chi connectivity index (χ1v) is 13.9. The molecule has 196 valence electrons. The van der Waals surface area contributed by atoms with E-state index in [0.29, 0.717) is 22.1 Å². The topological polar surface area (TPSA) is 139 Å². The first-order valence-electron chi connectivity index (χ1n) is 11.2. The Balaban J connectivity index is 1.82. The molecule has 3 heterocycles. The van der Waals surface area contributed by atoms with Crippen LogP contribution in [-0.2, 0) is 19.6 Å². The van der Waals surface area contributed by atoms with Gasteiger partial charge in [0.05, 0.1) is 12.2 Å². The van der Waals surface area contributed by atoms with Gasteiger partial charge in [-0.3, -0.25) is 9.98 Å². The van der Waals surface area contributed by atoms with E-state index in [1.807, 2.05) is 0 Å². The first kappa shape index (κ1) is 26.9. The maximum Gasteiger partial charge on any atom is 0.338 e. The SMILES string of the molecule is CCOC(=O)C1=C2C[C@H](NS(=O)(=O)C(N)=CC=NC)CN2C(c2nccs2)=N[C@H]1c1ccc(F)cc1Cl. The summed E-state index contributed by atoms with van der Waals surface area (Å²) in [4.78, 5) is 27.9. The molecule has 0 unspecified atom stereocenters. The summed E-state index contributed by atoms with van der Waals surface area (Å²) in [7, 11) is -2.55. The number of carbonyl (C=O) groups excluding carboxylic acids is 1. The predicted octanol–water partition coefficient (Wildman–Crippen LogP) is 2.75. The Morgan fingerprint density at radius 1 is 1.46 bits per heavy atom. The van der Waals surface area contributed by atoms with Crippen molar-refractivity contribution >= 4 is 51.0 Å². The van der Waals surface area contributed by atoms with E-state index in [2.05, 4.69) is 14.7 Å². The maximum atomic E-state index is 13.8. The number of allylic oxidation sites excluding steroid dienone is 1. The van der Waals surface area contributed by atoms with Gasteiger partial charge in [0.25, 0.3) is 10.0 Å². The van der Waals surface area contributed by atoms with E-state index in [9.17, 15) is 17.6 Å². The largest absolute Gasteiger partial charge is 0.463 e. The van der Waals surface area contributed by atoms with Crippen molar-refractivity contribution in [3.8, 4) is 0 Å². The lowest BCUT2D eigenvalue weighted by atomic mass is 9.94. The molecule has 0 aliphatic carbocycles. The number of hydrogen-bond acceptors (Lipinski definition) is 10. The van der Waals surface area contributed by atoms with E-state index < -0.39 is 38.9 Å². The zero-order valence-corrected chi connectivity index (χ0v) is 22.3. The van der Waals surface area contributed by atoms with Gasteiger partial charge in [0.1, 0.15) is 16.9 Å². The van der Waals surface area contributed by atoms with Gasteiger partial charge in [0.2, 0.25) is 0 Å². The van der Waals surface area contributed by atoms with E-state index in [4.69, 9.17) is 27.1 Å². The zero-order valence-electron chi connectivity index (χ0n) is 19.9. The molecule has 37 heavy (non-hydrogen) atoms. The van der Waals surface area contributed by atoms with Crippen LogP contribution in [0.5, 0.6) is 0 Å². The van der Waals surface area contributed by atoms with Gasteiger partial charge in [0, 0.05) is 60.1 Å². The summed E-state index contributed by atoms with van der Waals surface area (Å²) >= 11 is 7.72. The molecule has 4 rings (SSSR count). The third-order valence-electron chi connectivity index (χ3n) is 5.66. The number of esters is 1. The molecule has 14 heteroatoms. The fourth-order valence-electron chi connectivity index (χ4n) is 4.12. The summed E-state index contributed by atoms with van der Waals surface area (Å²) in [5.41, 5.74) is 6.86. The Morgan fingerprint density at radius 3 is 2.89 bits per heavy atom. The number of hydrogen-bond donors (Lipinski definition) is 2. The zero-order chi connectivity index (χ0) is 26.7. The Bertz CT molecular complexity index is 1420. The molecule has 1 fully saturated rings. The van der Waals surface area contributed by atoms with Crippen molar-refractivity contribution in [2.24, 2.45) is 15.7 Å². The van der Waals surface area contributed by atoms with Gasteiger partial charge >= 0.3 is 5.97 Å². The van der Waals surface area contributed by atoms with E-state index in [1.54, 1.807) is 23.4 Å². The molecule has 2 atom stereocenters. The second kappa shape index (κ2) is 11.1. The standard InChI is InChI=1S/C23H24ClFN6O4S2/c1-3-35-23(32)19-17-11-14(30-37(33,34)18(26)6-7-27-2)12-31(17)21(22-28-8-9-36-22)29-20(19)15-5-4-13(25)10-16(15)24/h4-10,14,20,30H,3,11-12,26H2,1-2H3/t14-,20-/m0/s1. The van der Waals surface area contributed by atoms with Crippen LogP contribution in [0.2, 0.25) is 5.02 Å². The molecule has 0 amide bonds. The normalized spacial score (nSPS) is 20.4. The molecule has 2 aromatic rings. The van der Waals surface area contributed by atoms with E-state index in [1.165, 1.54) is 42.8 Å². The number of aromatic nitrogens is 1. The first-order chi connectivity index (χ1) is 17.7. The van der Waals surface area contributed by atoms with E-state index in [0.717, 1.165) is 6.07 Å². The second-order valence-corrected chi connectivity index (χ2v) is 11.1. The lowest BCUT2D eigenvalue weighted by molar-refractivity contribution is -0.139. The van der Waals surface area contributed by atoms with Crippen molar-refractivity contribution < 1.29 is 22.3 Å². The smallest absolute Gasteiger partial charge is 0.338 e. The summed E-state index contributed by atoms with van der Waals surface area (Å²) < 4.78 is 47.4. The van der Waals surface area contributed by atoms with Crippen LogP contribution in [-0.4, -0.2) is 62.6 Å². The number of benzene rings is 1. The van der Waals surface area contributed by atoms with Gasteiger partial charge in [0.15, 0.2) is 10.8 Å². The molecule has 10 nitrogen and oxygen atoms in total. The average molecular weight is 567 g/mol. The molecule has 1 aromatic heterocycles. The monoisotopic (exact) mass is 566 g/mol. The summed E-state index contributed by atoms with van der Waals surface area (Å²) in [6.07, 6.45) is 4.22. The van der Waals surface area contributed by atoms with Crippen molar-refractivity contribution in [1.29, 1.82) is 0 Å². The van der Waals surface area contributed by atoms with Crippen molar-refractivity contribution in [2.75, 3.05) is 20.2 Å². The van der Waals surface area contributed by atoms with Gasteiger partial charge in [-0.1, -0.05) is 17.7 Å². The molecule has 3 N–H and O–H groups in total. The van der Waals surface area contributed by atoms with Crippen LogP contribution < -0.4 is 10.5 Å². The Kier molecular flexibility index (Phi) is 8.07. The molecule has 0 saturated carbocycles. The fourth-order valence-corrected chi connectivity index (χ4v) is 6.00. The lowest BCUT2D eigenvalue weighted by Crippen LogP contribution is -2.41. The summed E-state index contributed by atoms with van der Waals surface area (Å²) in [6, 6.07) is 2.28. The Hall–Kier alpha value is -3.13. The number of halogens is 2. The molecular formula is C23H24ClFN6O4S2. The highest BCUT2D eigenvalue weighted by atomic mass is 35.5. The number of thiazole rings is 1. The van der Waals surface area contributed by atoms with Crippen molar-refractivity contribution in [3.63, 3.8) is 0 Å². The number of rotatable bonds is 8. The molecule has 1 saturated heterocycles. The summed E-state index contributed by atoms with van der Waals surface area (Å²) in [5, 5.41) is 2.03. The minimum absolute atomic E-state index is 0.0915. The molecule has 1 aromatic carbocycles. The number of nitrogens with two attached hydrogens (primary N) is 1. The third kappa shape index (κ3) is 5.59. The van der Waals surface area contributed by atoms with Crippen LogP contribution in [0.3, 0.4) is 0 Å². The number of ether oxygens (including phenoxy) is 1. The highest BCUT2D eigenvalue weighted by Gasteiger charge is 2.43. The molecular weight excluding hydrogens is 543 g/mol. The fraction of sp³-hybridized carbons (Fsp3) is 0.304. The Labute approximate surface area is 222 Å². The predicted molar refractivity (Wildman–Crippen MR) is 140 cm³/mol. The lowest BCUT2D eigenvalue weighted by Gasteiger charge is -2.31. The highest BCUT2D eigenvalue weighted by Crippen LogP contribution is 2.42. The van der Waals surface area contributed by atoms with Crippen LogP contribution in [0.25, 0.3) is 0 Å². The second-order valence-electron chi connectivity index (χ2n) is 8.05. The van der Waals surface area contributed by atoms with Crippen molar-refractivity contribution in [2.45, 2.75) is 25.4 Å². The number of amidine groups is 1. The highest BCUT2D eigenvalue weighted by molar-refractivity contribution is 7.93. The molecule has 0 radical (unpaired) electrons. The third-order valence-corrected chi connectivity index (χ3v) is 8.15. The number of sulfonamides is 1. The van der Waals surface area contributed by atoms with E-state index >= 15 is 0 Å². The van der Waals surface area contributed by atoms with Crippen LogP contribution in [0.1, 0.15) is 30.0 Å². The van der Waals surface area contributed by atoms with E-state index in [-0.39, 0.29) is 30.2 Å². The van der Waals surface area contributed by atoms with Crippen LogP contribution in [0.4, 0.5) is 4.39 Å². The van der Waals surface area contributed by atoms with Crippen LogP contribution in [0, 0.1) is 5.82 Å². The number of nitrogens with zero attached hydrogens (tertiary/aromatic N) is 4. The molecule has 0 bridgehead atoms. The number of aliphatic imine (C=N–C) groups is 2. The van der Waals surface area contributed by atoms with Crippen molar-refractivity contribution in [1.82, 2.24) is 14.6 Å². The van der Waals surface area contributed by atoms with Gasteiger partial charge in [-0.2, -0.15) is 0 Å². The average Bonchev–Trinajstić information content (AvgIpc) is 3.51. The summed E-state index contributed by atoms with van der Waals surface area (Å²) in [5.74, 6) is -0.724. The van der Waals surface area contributed by atoms with Crippen molar-refractivity contribution in [3.05, 3.63) is 73.6 Å². The molecule has 0 spiro atoms. The molecule has 2 aliphatic heterocycles. The van der Waals surface area contributed by atoms with Gasteiger partial charge in [-0.15, -0.1) is 11.3 Å². The number of carbonyl (C=O) groups is 1. The van der Waals surface area contributed by atoms with Crippen LogP contribution in [0.15, 0.2) is 62.1 Å². The minimum Gasteiger partial charge on any atom is -0.463 e. The minimum atomic E-state index is -4.04. The van der Waals surface area contributed by atoms with Gasteiger partial charge in [-0.25, -0.2) is 27.3 Å². The molecule has 2 aliphatic rings. The quantitative estimate of drug-likeness (QED) is 0.370. The number of fused-ring (bicyclic) bond motifs is 1. The van der Waals surface area contributed by atoms with Gasteiger partial charge < -0.3 is 15.4 Å². The Morgan fingerprint density at radius 2 is 2.24 bits per heavy atom. The number of nitrogens with one attached hydrogen (secondary N) is 1.